The molecule has 0 N–H and O–H groups in total. The first-order valence-corrected chi connectivity index (χ1v) is 11.2. The largest absolute Gasteiger partial charge is 0.481 e. The normalized spacial score (nSPS) is 12.3. The summed E-state index contributed by atoms with van der Waals surface area (Å²) in [6.45, 7) is 5.19. The number of amides is 1. The molecule has 7 heteroatoms. The molecular formula is C23H22ClNO4S. The van der Waals surface area contributed by atoms with Gasteiger partial charge in [-0.15, -0.1) is 0 Å². The highest BCUT2D eigenvalue weighted by Crippen LogP contribution is 2.27. The van der Waals surface area contributed by atoms with Crippen LogP contribution in [0.2, 0.25) is 5.02 Å². The molecule has 1 atom stereocenters. The third-order valence-electron chi connectivity index (χ3n) is 4.54. The van der Waals surface area contributed by atoms with Crippen LogP contribution in [0.5, 0.6) is 5.75 Å². The molecule has 0 saturated carbocycles. The topological polar surface area (TPSA) is 63.7 Å². The van der Waals surface area contributed by atoms with Crippen molar-refractivity contribution in [2.45, 2.75) is 31.8 Å². The van der Waals surface area contributed by atoms with Gasteiger partial charge in [-0.3, -0.25) is 4.79 Å². The minimum absolute atomic E-state index is 0.0279. The van der Waals surface area contributed by atoms with Gasteiger partial charge in [-0.1, -0.05) is 47.5 Å². The Bertz CT molecular complexity index is 1150. The van der Waals surface area contributed by atoms with Crippen LogP contribution >= 0.6 is 11.6 Å². The molecule has 0 bridgehead atoms. The molecule has 0 saturated heterocycles. The van der Waals surface area contributed by atoms with E-state index < -0.39 is 22.0 Å². The summed E-state index contributed by atoms with van der Waals surface area (Å²) < 4.78 is 33.4. The zero-order valence-corrected chi connectivity index (χ0v) is 18.4. The molecule has 0 heterocycles. The predicted octanol–water partition coefficient (Wildman–Crippen LogP) is 5.15. The highest BCUT2D eigenvalue weighted by Gasteiger charge is 2.34. The highest BCUT2D eigenvalue weighted by molar-refractivity contribution is 7.93. The molecule has 0 aliphatic rings. The van der Waals surface area contributed by atoms with Crippen molar-refractivity contribution >= 4 is 33.2 Å². The molecule has 3 aromatic rings. The number of benzene rings is 3. The number of ether oxygens (including phenoxy) is 1. The first-order chi connectivity index (χ1) is 14.2. The first kappa shape index (κ1) is 21.9. The maximum Gasteiger partial charge on any atom is 0.281 e. The van der Waals surface area contributed by atoms with E-state index in [4.69, 9.17) is 16.3 Å². The minimum Gasteiger partial charge on any atom is -0.481 e. The van der Waals surface area contributed by atoms with Gasteiger partial charge >= 0.3 is 0 Å². The van der Waals surface area contributed by atoms with Crippen molar-refractivity contribution in [2.75, 3.05) is 4.31 Å². The Morgan fingerprint density at radius 3 is 2.20 bits per heavy atom. The van der Waals surface area contributed by atoms with Crippen LogP contribution in [-0.4, -0.2) is 20.4 Å². The van der Waals surface area contributed by atoms with Crippen molar-refractivity contribution in [1.29, 1.82) is 0 Å². The molecule has 156 valence electrons. The molecule has 0 radical (unpaired) electrons. The number of carbonyl (C=O) groups excluding carboxylic acids is 1. The number of sulfonamides is 1. The van der Waals surface area contributed by atoms with E-state index >= 15 is 0 Å². The fourth-order valence-corrected chi connectivity index (χ4v) is 4.62. The molecule has 3 aromatic carbocycles. The summed E-state index contributed by atoms with van der Waals surface area (Å²) in [5, 5.41) is 0.548. The van der Waals surface area contributed by atoms with Crippen LogP contribution < -0.4 is 9.04 Å². The van der Waals surface area contributed by atoms with Crippen LogP contribution in [0.3, 0.4) is 0 Å². The maximum absolute atomic E-state index is 13.4. The summed E-state index contributed by atoms with van der Waals surface area (Å²) in [5.74, 6) is -0.239. The second-order valence-corrected chi connectivity index (χ2v) is 9.15. The molecule has 1 unspecified atom stereocenters. The van der Waals surface area contributed by atoms with Crippen molar-refractivity contribution in [1.82, 2.24) is 0 Å². The van der Waals surface area contributed by atoms with Crippen molar-refractivity contribution in [3.8, 4) is 5.75 Å². The summed E-state index contributed by atoms with van der Waals surface area (Å²) in [5.41, 5.74) is 1.91. The fraction of sp³-hybridized carbons (Fsp3) is 0.174. The van der Waals surface area contributed by atoms with Gasteiger partial charge in [0.05, 0.1) is 10.6 Å². The number of carbonyl (C=O) groups is 1. The number of halogens is 1. The maximum atomic E-state index is 13.4. The number of aryl methyl sites for hydroxylation is 2. The molecule has 5 nitrogen and oxygen atoms in total. The molecule has 0 fully saturated rings. The van der Waals surface area contributed by atoms with Gasteiger partial charge in [0, 0.05) is 5.02 Å². The van der Waals surface area contributed by atoms with Crippen LogP contribution in [0, 0.1) is 13.8 Å². The Morgan fingerprint density at radius 2 is 1.60 bits per heavy atom. The van der Waals surface area contributed by atoms with Crippen molar-refractivity contribution in [2.24, 2.45) is 0 Å². The van der Waals surface area contributed by atoms with Gasteiger partial charge in [0.25, 0.3) is 15.9 Å². The minimum atomic E-state index is -4.14. The molecule has 0 aromatic heterocycles. The third-order valence-corrected chi connectivity index (χ3v) is 6.51. The van der Waals surface area contributed by atoms with Crippen LogP contribution in [0.15, 0.2) is 77.7 Å². The average molecular weight is 444 g/mol. The van der Waals surface area contributed by atoms with E-state index in [-0.39, 0.29) is 10.6 Å². The number of rotatable bonds is 6. The van der Waals surface area contributed by atoms with Gasteiger partial charge in [-0.05, 0) is 68.8 Å². The van der Waals surface area contributed by atoms with E-state index in [0.717, 1.165) is 15.4 Å². The number of hydrogen-bond acceptors (Lipinski definition) is 4. The monoisotopic (exact) mass is 443 g/mol. The first-order valence-electron chi connectivity index (χ1n) is 9.34. The Labute approximate surface area is 181 Å². The van der Waals surface area contributed by atoms with Gasteiger partial charge in [-0.2, -0.15) is 4.31 Å². The number of hydrogen-bond donors (Lipinski definition) is 0. The smallest absolute Gasteiger partial charge is 0.281 e. The van der Waals surface area contributed by atoms with Crippen LogP contribution in [0.1, 0.15) is 18.1 Å². The zero-order valence-electron chi connectivity index (χ0n) is 16.9. The molecule has 0 aliphatic carbocycles. The summed E-state index contributed by atoms with van der Waals surface area (Å²) in [4.78, 5) is 13.3. The van der Waals surface area contributed by atoms with Gasteiger partial charge in [0.1, 0.15) is 5.75 Å². The van der Waals surface area contributed by atoms with E-state index in [9.17, 15) is 13.2 Å². The summed E-state index contributed by atoms with van der Waals surface area (Å²) in [6, 6.07) is 19.6. The van der Waals surface area contributed by atoms with E-state index in [1.807, 2.05) is 6.92 Å². The average Bonchev–Trinajstić information content (AvgIpc) is 2.71. The van der Waals surface area contributed by atoms with E-state index in [1.165, 1.54) is 19.1 Å². The number of anilines is 1. The Morgan fingerprint density at radius 1 is 0.967 bits per heavy atom. The van der Waals surface area contributed by atoms with Crippen molar-refractivity contribution < 1.29 is 17.9 Å². The number of nitrogens with zero attached hydrogens (tertiary/aromatic N) is 1. The molecule has 3 rings (SSSR count). The van der Waals surface area contributed by atoms with Gasteiger partial charge < -0.3 is 4.74 Å². The molecule has 0 spiro atoms. The Balaban J connectivity index is 2.00. The lowest BCUT2D eigenvalue weighted by atomic mass is 10.2. The standard InChI is InChI=1S/C23H22ClNO4S/c1-16-9-12-21(13-10-16)30(27,28)25(20-7-5-4-6-8-20)23(26)18(3)29-22-14-11-19(24)15-17(22)2/h4-15,18H,1-3H3. The summed E-state index contributed by atoms with van der Waals surface area (Å²) in [6.07, 6.45) is -1.05. The van der Waals surface area contributed by atoms with Gasteiger partial charge in [-0.25, -0.2) is 8.42 Å². The van der Waals surface area contributed by atoms with E-state index in [0.29, 0.717) is 10.8 Å². The van der Waals surface area contributed by atoms with Gasteiger partial charge in [0.15, 0.2) is 6.10 Å². The predicted molar refractivity (Wildman–Crippen MR) is 119 cm³/mol. The molecule has 0 aliphatic heterocycles. The zero-order chi connectivity index (χ0) is 21.9. The van der Waals surface area contributed by atoms with E-state index in [1.54, 1.807) is 67.6 Å². The van der Waals surface area contributed by atoms with Crippen LogP contribution in [-0.2, 0) is 14.8 Å². The summed E-state index contributed by atoms with van der Waals surface area (Å²) in [7, 11) is -4.14. The van der Waals surface area contributed by atoms with Gasteiger partial charge in [0.2, 0.25) is 0 Å². The second-order valence-electron chi connectivity index (χ2n) is 6.93. The molecule has 1 amide bonds. The summed E-state index contributed by atoms with van der Waals surface area (Å²) >= 11 is 5.98. The number of para-hydroxylation sites is 1. The lowest BCUT2D eigenvalue weighted by Crippen LogP contribution is -2.44. The highest BCUT2D eigenvalue weighted by atomic mass is 35.5. The van der Waals surface area contributed by atoms with Crippen molar-refractivity contribution in [3.05, 3.63) is 88.9 Å². The molecule has 30 heavy (non-hydrogen) atoms. The Hall–Kier alpha value is -2.83. The lowest BCUT2D eigenvalue weighted by molar-refractivity contribution is -0.123. The van der Waals surface area contributed by atoms with Crippen LogP contribution in [0.25, 0.3) is 0 Å². The fourth-order valence-electron chi connectivity index (χ4n) is 2.91. The SMILES string of the molecule is Cc1ccc(S(=O)(=O)N(C(=O)C(C)Oc2ccc(Cl)cc2C)c2ccccc2)cc1. The molecular weight excluding hydrogens is 422 g/mol. The van der Waals surface area contributed by atoms with Crippen LogP contribution in [0.4, 0.5) is 5.69 Å². The lowest BCUT2D eigenvalue weighted by Gasteiger charge is -2.26. The van der Waals surface area contributed by atoms with E-state index in [2.05, 4.69) is 0 Å². The van der Waals surface area contributed by atoms with Crippen molar-refractivity contribution in [3.63, 3.8) is 0 Å². The quantitative estimate of drug-likeness (QED) is 0.528. The Kier molecular flexibility index (Phi) is 6.48. The second kappa shape index (κ2) is 8.90. The third kappa shape index (κ3) is 4.66.